The van der Waals surface area contributed by atoms with Gasteiger partial charge in [-0.25, -0.2) is 4.98 Å². The Morgan fingerprint density at radius 3 is 2.69 bits per heavy atom. The summed E-state index contributed by atoms with van der Waals surface area (Å²) in [6.07, 6.45) is 8.67. The summed E-state index contributed by atoms with van der Waals surface area (Å²) >= 11 is 14.2. The number of carbonyl (C=O) groups is 2. The number of rotatable bonds is 13. The van der Waals surface area contributed by atoms with Gasteiger partial charge in [-0.1, -0.05) is 52.9 Å². The Balaban J connectivity index is 1.08. The van der Waals surface area contributed by atoms with Crippen LogP contribution in [0.3, 0.4) is 0 Å². The lowest BCUT2D eigenvalue weighted by Crippen LogP contribution is -2.46. The third-order valence-electron chi connectivity index (χ3n) is 6.85. The first-order valence-corrected chi connectivity index (χ1v) is 16.2. The van der Waals surface area contributed by atoms with Gasteiger partial charge in [0.05, 0.1) is 45.6 Å². The number of anilines is 1. The van der Waals surface area contributed by atoms with Gasteiger partial charge < -0.3 is 20.5 Å². The van der Waals surface area contributed by atoms with Gasteiger partial charge in [-0.2, -0.15) is 4.68 Å². The smallest absolute Gasteiger partial charge is 0.235 e. The van der Waals surface area contributed by atoms with Crippen LogP contribution in [0.1, 0.15) is 50.2 Å². The molecule has 0 bridgehead atoms. The summed E-state index contributed by atoms with van der Waals surface area (Å²) in [5, 5.41) is 22.1. The van der Waals surface area contributed by atoms with Crippen molar-refractivity contribution in [3.05, 3.63) is 76.3 Å². The van der Waals surface area contributed by atoms with Gasteiger partial charge in [0.25, 0.3) is 0 Å². The molecule has 0 radical (unpaired) electrons. The Labute approximate surface area is 275 Å². The fourth-order valence-electron chi connectivity index (χ4n) is 4.46. The van der Waals surface area contributed by atoms with Crippen LogP contribution in [0.4, 0.5) is 5.69 Å². The van der Waals surface area contributed by atoms with Gasteiger partial charge >= 0.3 is 0 Å². The van der Waals surface area contributed by atoms with Crippen molar-refractivity contribution in [2.24, 2.45) is 0 Å². The van der Waals surface area contributed by atoms with E-state index in [0.29, 0.717) is 44.6 Å². The third-order valence-corrected chi connectivity index (χ3v) is 8.39. The number of amides is 2. The zero-order valence-electron chi connectivity index (χ0n) is 24.9. The fraction of sp³-hybridized carbons (Fsp3) is 0.355. The lowest BCUT2D eigenvalue weighted by Gasteiger charge is -2.20. The van der Waals surface area contributed by atoms with E-state index in [1.54, 1.807) is 30.7 Å². The zero-order valence-corrected chi connectivity index (χ0v) is 27.2. The van der Waals surface area contributed by atoms with E-state index in [1.165, 1.54) is 34.8 Å². The molecule has 0 unspecified atom stereocenters. The topological polar surface area (TPSA) is 132 Å². The van der Waals surface area contributed by atoms with Crippen molar-refractivity contribution in [1.82, 2.24) is 40.4 Å². The number of carbonyl (C=O) groups excluding carboxylic acids is 2. The van der Waals surface area contributed by atoms with Gasteiger partial charge in [0.15, 0.2) is 0 Å². The van der Waals surface area contributed by atoms with E-state index in [1.807, 2.05) is 42.8 Å². The molecule has 1 aliphatic carbocycles. The van der Waals surface area contributed by atoms with Gasteiger partial charge in [-0.15, -0.1) is 5.10 Å². The summed E-state index contributed by atoms with van der Waals surface area (Å²) in [7, 11) is 0. The Morgan fingerprint density at radius 1 is 1.11 bits per heavy atom. The van der Waals surface area contributed by atoms with E-state index in [0.717, 1.165) is 13.0 Å². The van der Waals surface area contributed by atoms with Crippen LogP contribution in [0.5, 0.6) is 0 Å². The Kier molecular flexibility index (Phi) is 10.8. The number of tetrazole rings is 1. The molecule has 2 heterocycles. The van der Waals surface area contributed by atoms with Crippen LogP contribution in [0.2, 0.25) is 10.0 Å². The highest BCUT2D eigenvalue weighted by Crippen LogP contribution is 2.41. The van der Waals surface area contributed by atoms with Crippen LogP contribution in [0.25, 0.3) is 5.69 Å². The highest BCUT2D eigenvalue weighted by atomic mass is 35.5. The van der Waals surface area contributed by atoms with Gasteiger partial charge in [-0.05, 0) is 91.9 Å². The highest BCUT2D eigenvalue weighted by molar-refractivity contribution is 7.99. The minimum atomic E-state index is -0.759. The largest absolute Gasteiger partial charge is 0.339 e. The van der Waals surface area contributed by atoms with E-state index in [2.05, 4.69) is 48.3 Å². The molecule has 11 nitrogen and oxygen atoms in total. The van der Waals surface area contributed by atoms with Crippen LogP contribution < -0.4 is 16.0 Å². The molecule has 0 spiro atoms. The average Bonchev–Trinajstić information content (AvgIpc) is 3.52. The summed E-state index contributed by atoms with van der Waals surface area (Å²) < 4.78 is 3.52. The molecule has 1 aliphatic rings. The predicted octanol–water partition coefficient (Wildman–Crippen LogP) is 4.70. The number of nitrogens with one attached hydrogen (secondary N) is 3. The normalized spacial score (nSPS) is 12.8. The quantitative estimate of drug-likeness (QED) is 0.106. The molecule has 4 aromatic rings. The molecule has 1 saturated carbocycles. The molecule has 0 saturated heterocycles. The minimum absolute atomic E-state index is 0.0589. The molecular formula is C31H33Cl2N9O2S. The van der Waals surface area contributed by atoms with E-state index in [9.17, 15) is 9.59 Å². The number of hydrogen-bond acceptors (Lipinski definition) is 8. The molecule has 3 N–H and O–H groups in total. The number of aromatic nitrogens is 6. The first-order valence-electron chi connectivity index (χ1n) is 14.5. The van der Waals surface area contributed by atoms with Crippen LogP contribution in [0, 0.1) is 11.8 Å². The van der Waals surface area contributed by atoms with Gasteiger partial charge in [-0.3, -0.25) is 9.59 Å². The predicted molar refractivity (Wildman–Crippen MR) is 176 cm³/mol. The van der Waals surface area contributed by atoms with Crippen molar-refractivity contribution in [2.75, 3.05) is 24.2 Å². The number of thioether (sulfide) groups is 1. The standard InChI is InChI=1S/C31H33Cl2N9O2S/c1-31(2,37-28(43)18-34-12-3-14-41-15-13-35-20-41)11-10-21-4-8-26(24(32)16-21)36-29(44)19-45-30-38-39-40-42(30)27-9-7-23(17-25(27)33)22-5-6-22/h4,7-9,13,15-17,20,22,34H,3,5-6,12,14,18-19H2,1-2H3,(H,36,44)(H,37,43). The van der Waals surface area contributed by atoms with Crippen LogP contribution in [-0.2, 0) is 16.1 Å². The Hall–Kier alpha value is -3.89. The number of imidazole rings is 1. The van der Waals surface area contributed by atoms with Crippen molar-refractivity contribution in [3.8, 4) is 17.5 Å². The number of nitrogens with zero attached hydrogens (tertiary/aromatic N) is 6. The van der Waals surface area contributed by atoms with Gasteiger partial charge in [0.2, 0.25) is 17.0 Å². The highest BCUT2D eigenvalue weighted by Gasteiger charge is 2.25. The molecule has 1 fully saturated rings. The summed E-state index contributed by atoms with van der Waals surface area (Å²) in [5.41, 5.74) is 2.22. The molecular weight excluding hydrogens is 633 g/mol. The van der Waals surface area contributed by atoms with Gasteiger partial charge in [0, 0.05) is 24.5 Å². The van der Waals surface area contributed by atoms with Crippen molar-refractivity contribution < 1.29 is 9.59 Å². The van der Waals surface area contributed by atoms with E-state index < -0.39 is 5.54 Å². The lowest BCUT2D eigenvalue weighted by molar-refractivity contribution is -0.121. The zero-order chi connectivity index (χ0) is 31.8. The summed E-state index contributed by atoms with van der Waals surface area (Å²) in [6.45, 7) is 5.41. The van der Waals surface area contributed by atoms with E-state index in [-0.39, 0.29) is 24.1 Å². The van der Waals surface area contributed by atoms with E-state index >= 15 is 0 Å². The monoisotopic (exact) mass is 665 g/mol. The van der Waals surface area contributed by atoms with Crippen molar-refractivity contribution in [1.29, 1.82) is 0 Å². The molecule has 2 aromatic heterocycles. The molecule has 5 rings (SSSR count). The molecule has 2 aromatic carbocycles. The Bertz CT molecular complexity index is 1710. The number of halogens is 2. The molecule has 0 aliphatic heterocycles. The molecule has 234 valence electrons. The Morgan fingerprint density at radius 2 is 1.96 bits per heavy atom. The van der Waals surface area contributed by atoms with Crippen molar-refractivity contribution in [2.45, 2.75) is 56.3 Å². The van der Waals surface area contributed by atoms with E-state index in [4.69, 9.17) is 23.2 Å². The van der Waals surface area contributed by atoms with Crippen LogP contribution in [-0.4, -0.2) is 66.0 Å². The van der Waals surface area contributed by atoms with Gasteiger partial charge in [0.1, 0.15) is 0 Å². The maximum atomic E-state index is 12.7. The first kappa shape index (κ1) is 32.5. The maximum Gasteiger partial charge on any atom is 0.235 e. The molecule has 14 heteroatoms. The van der Waals surface area contributed by atoms with Crippen LogP contribution >= 0.6 is 35.0 Å². The minimum Gasteiger partial charge on any atom is -0.339 e. The second-order valence-electron chi connectivity index (χ2n) is 11.1. The molecule has 45 heavy (non-hydrogen) atoms. The summed E-state index contributed by atoms with van der Waals surface area (Å²) in [4.78, 5) is 29.2. The number of aryl methyl sites for hydroxylation is 1. The first-order chi connectivity index (χ1) is 21.7. The molecule has 2 amide bonds. The average molecular weight is 667 g/mol. The summed E-state index contributed by atoms with van der Waals surface area (Å²) in [6, 6.07) is 11.0. The fourth-order valence-corrected chi connectivity index (χ4v) is 5.64. The van der Waals surface area contributed by atoms with Crippen molar-refractivity contribution in [3.63, 3.8) is 0 Å². The second kappa shape index (κ2) is 14.9. The van der Waals surface area contributed by atoms with Crippen LogP contribution in [0.15, 0.2) is 60.3 Å². The summed E-state index contributed by atoms with van der Waals surface area (Å²) in [5.74, 6) is 6.36. The lowest BCUT2D eigenvalue weighted by atomic mass is 10.1. The second-order valence-corrected chi connectivity index (χ2v) is 12.9. The maximum absolute atomic E-state index is 12.7. The third kappa shape index (κ3) is 9.55. The van der Waals surface area contributed by atoms with Crippen molar-refractivity contribution >= 4 is 52.5 Å². The number of hydrogen-bond donors (Lipinski definition) is 3. The number of benzene rings is 2. The molecule has 0 atom stereocenters. The SMILES string of the molecule is CC(C)(C#Cc1ccc(NC(=O)CSc2nnnn2-c2ccc(C3CC3)cc2Cl)c(Cl)c1)NC(=O)CNCCCn1ccnc1.